The minimum atomic E-state index is -3.15. The zero-order valence-electron chi connectivity index (χ0n) is 11.4. The van der Waals surface area contributed by atoms with Crippen LogP contribution in [0.1, 0.15) is 40.0 Å². The second kappa shape index (κ2) is 6.16. The summed E-state index contributed by atoms with van der Waals surface area (Å²) in [7, 11) is -1.44. The van der Waals surface area contributed by atoms with Gasteiger partial charge in [-0.25, -0.2) is 12.7 Å². The molecule has 2 unspecified atom stereocenters. The van der Waals surface area contributed by atoms with Crippen LogP contribution in [0.3, 0.4) is 0 Å². The first kappa shape index (κ1) is 14.9. The molecule has 1 N–H and O–H groups in total. The first-order valence-electron chi connectivity index (χ1n) is 6.58. The topological polar surface area (TPSA) is 49.4 Å². The summed E-state index contributed by atoms with van der Waals surface area (Å²) in [6.07, 6.45) is 3.37. The van der Waals surface area contributed by atoms with Gasteiger partial charge in [-0.1, -0.05) is 6.92 Å². The second-order valence-electron chi connectivity index (χ2n) is 5.15. The Morgan fingerprint density at radius 1 is 1.35 bits per heavy atom. The van der Waals surface area contributed by atoms with E-state index in [2.05, 4.69) is 12.2 Å². The fourth-order valence-electron chi connectivity index (χ4n) is 1.98. The highest BCUT2D eigenvalue weighted by Gasteiger charge is 2.37. The van der Waals surface area contributed by atoms with Crippen molar-refractivity contribution in [2.75, 3.05) is 20.1 Å². The Hall–Kier alpha value is -0.130. The standard InChI is InChI=1S/C12H26N2O2S/c1-5-8-13-9-10(2)17(15,16)14(4)11(3)12-6-7-12/h10-13H,5-9H2,1-4H3. The molecule has 1 rings (SSSR count). The van der Waals surface area contributed by atoms with E-state index >= 15 is 0 Å². The summed E-state index contributed by atoms with van der Waals surface area (Å²) >= 11 is 0. The SMILES string of the molecule is CCCNCC(C)S(=O)(=O)N(C)C(C)C1CC1. The second-order valence-corrected chi connectivity index (χ2v) is 7.56. The summed E-state index contributed by atoms with van der Waals surface area (Å²) in [5, 5.41) is 2.83. The van der Waals surface area contributed by atoms with Crippen LogP contribution in [-0.4, -0.2) is 44.2 Å². The summed E-state index contributed by atoms with van der Waals surface area (Å²) in [6.45, 7) is 7.29. The molecule has 1 aliphatic rings. The Kier molecular flexibility index (Phi) is 5.41. The van der Waals surface area contributed by atoms with Gasteiger partial charge in [0, 0.05) is 19.6 Å². The lowest BCUT2D eigenvalue weighted by Crippen LogP contribution is -2.44. The van der Waals surface area contributed by atoms with Crippen molar-refractivity contribution in [3.63, 3.8) is 0 Å². The zero-order valence-corrected chi connectivity index (χ0v) is 12.3. The summed E-state index contributed by atoms with van der Waals surface area (Å²) < 4.78 is 26.1. The van der Waals surface area contributed by atoms with Crippen LogP contribution in [0.5, 0.6) is 0 Å². The molecule has 0 aromatic carbocycles. The van der Waals surface area contributed by atoms with Gasteiger partial charge in [0.1, 0.15) is 0 Å². The number of hydrogen-bond donors (Lipinski definition) is 1. The number of sulfonamides is 1. The van der Waals surface area contributed by atoms with Crippen LogP contribution >= 0.6 is 0 Å². The smallest absolute Gasteiger partial charge is 0.217 e. The molecule has 0 spiro atoms. The maximum Gasteiger partial charge on any atom is 0.217 e. The average Bonchev–Trinajstić information content (AvgIpc) is 3.11. The molecule has 0 aromatic rings. The van der Waals surface area contributed by atoms with Gasteiger partial charge in [0.05, 0.1) is 5.25 Å². The van der Waals surface area contributed by atoms with Crippen molar-refractivity contribution in [2.24, 2.45) is 5.92 Å². The van der Waals surface area contributed by atoms with Crippen molar-refractivity contribution in [1.29, 1.82) is 0 Å². The number of rotatable bonds is 8. The Bertz CT molecular complexity index is 325. The number of nitrogens with zero attached hydrogens (tertiary/aromatic N) is 1. The Labute approximate surface area is 106 Å². The molecule has 1 saturated carbocycles. The third-order valence-corrected chi connectivity index (χ3v) is 5.97. The molecule has 0 bridgehead atoms. The third kappa shape index (κ3) is 3.93. The summed E-state index contributed by atoms with van der Waals surface area (Å²) in [5.41, 5.74) is 0. The lowest BCUT2D eigenvalue weighted by molar-refractivity contribution is 0.352. The fourth-order valence-corrected chi connectivity index (χ4v) is 3.51. The van der Waals surface area contributed by atoms with E-state index in [0.717, 1.165) is 13.0 Å². The van der Waals surface area contributed by atoms with Crippen molar-refractivity contribution in [1.82, 2.24) is 9.62 Å². The van der Waals surface area contributed by atoms with Crippen LogP contribution in [0, 0.1) is 5.92 Å². The Morgan fingerprint density at radius 2 is 1.94 bits per heavy atom. The van der Waals surface area contributed by atoms with Gasteiger partial charge in [0.15, 0.2) is 0 Å². The van der Waals surface area contributed by atoms with E-state index in [1.54, 1.807) is 18.3 Å². The predicted molar refractivity (Wildman–Crippen MR) is 71.5 cm³/mol. The van der Waals surface area contributed by atoms with E-state index in [1.807, 2.05) is 6.92 Å². The zero-order chi connectivity index (χ0) is 13.1. The first-order valence-corrected chi connectivity index (χ1v) is 8.09. The molecular weight excluding hydrogens is 236 g/mol. The highest BCUT2D eigenvalue weighted by atomic mass is 32.2. The highest BCUT2D eigenvalue weighted by Crippen LogP contribution is 2.35. The lowest BCUT2D eigenvalue weighted by atomic mass is 10.2. The molecule has 0 aromatic heterocycles. The van der Waals surface area contributed by atoms with Gasteiger partial charge in [-0.05, 0) is 45.6 Å². The van der Waals surface area contributed by atoms with Crippen LogP contribution in [0.4, 0.5) is 0 Å². The van der Waals surface area contributed by atoms with Gasteiger partial charge in [0.25, 0.3) is 0 Å². The van der Waals surface area contributed by atoms with E-state index < -0.39 is 10.0 Å². The van der Waals surface area contributed by atoms with E-state index in [-0.39, 0.29) is 11.3 Å². The molecule has 0 aliphatic heterocycles. The van der Waals surface area contributed by atoms with Gasteiger partial charge in [0.2, 0.25) is 10.0 Å². The molecule has 0 radical (unpaired) electrons. The van der Waals surface area contributed by atoms with Crippen molar-refractivity contribution >= 4 is 10.0 Å². The summed E-state index contributed by atoms with van der Waals surface area (Å²) in [4.78, 5) is 0. The van der Waals surface area contributed by atoms with Crippen molar-refractivity contribution in [3.8, 4) is 0 Å². The predicted octanol–water partition coefficient (Wildman–Crippen LogP) is 1.43. The summed E-state index contributed by atoms with van der Waals surface area (Å²) in [5.74, 6) is 0.575. The normalized spacial score (nSPS) is 20.5. The van der Waals surface area contributed by atoms with E-state index in [9.17, 15) is 8.42 Å². The Morgan fingerprint density at radius 3 is 2.41 bits per heavy atom. The van der Waals surface area contributed by atoms with Crippen LogP contribution in [0.2, 0.25) is 0 Å². The van der Waals surface area contributed by atoms with Gasteiger partial charge in [-0.2, -0.15) is 0 Å². The first-order chi connectivity index (χ1) is 7.91. The lowest BCUT2D eigenvalue weighted by Gasteiger charge is -2.27. The molecule has 0 saturated heterocycles. The minimum absolute atomic E-state index is 0.147. The van der Waals surface area contributed by atoms with Crippen LogP contribution in [0.25, 0.3) is 0 Å². The van der Waals surface area contributed by atoms with Crippen molar-refractivity contribution in [2.45, 2.75) is 51.3 Å². The molecule has 1 fully saturated rings. The van der Waals surface area contributed by atoms with Gasteiger partial charge < -0.3 is 5.32 Å². The quantitative estimate of drug-likeness (QED) is 0.673. The molecule has 4 nitrogen and oxygen atoms in total. The van der Waals surface area contributed by atoms with E-state index in [0.29, 0.717) is 12.5 Å². The van der Waals surface area contributed by atoms with E-state index in [4.69, 9.17) is 0 Å². The molecule has 2 atom stereocenters. The highest BCUT2D eigenvalue weighted by molar-refractivity contribution is 7.89. The van der Waals surface area contributed by atoms with Gasteiger partial charge >= 0.3 is 0 Å². The monoisotopic (exact) mass is 262 g/mol. The molecule has 5 heteroatoms. The van der Waals surface area contributed by atoms with Crippen molar-refractivity contribution < 1.29 is 8.42 Å². The van der Waals surface area contributed by atoms with E-state index in [1.165, 1.54) is 12.8 Å². The molecule has 0 heterocycles. The van der Waals surface area contributed by atoms with Crippen LogP contribution in [-0.2, 0) is 10.0 Å². The molecular formula is C12H26N2O2S. The Balaban J connectivity index is 2.52. The maximum absolute atomic E-state index is 12.3. The third-order valence-electron chi connectivity index (χ3n) is 3.65. The summed E-state index contributed by atoms with van der Waals surface area (Å²) in [6, 6.07) is 0.147. The number of nitrogens with one attached hydrogen (secondary N) is 1. The molecule has 102 valence electrons. The van der Waals surface area contributed by atoms with Crippen LogP contribution < -0.4 is 5.32 Å². The van der Waals surface area contributed by atoms with Gasteiger partial charge in [-0.15, -0.1) is 0 Å². The minimum Gasteiger partial charge on any atom is -0.315 e. The number of hydrogen-bond acceptors (Lipinski definition) is 3. The molecule has 17 heavy (non-hydrogen) atoms. The van der Waals surface area contributed by atoms with Crippen molar-refractivity contribution in [3.05, 3.63) is 0 Å². The van der Waals surface area contributed by atoms with Gasteiger partial charge in [-0.3, -0.25) is 0 Å². The molecule has 0 amide bonds. The fraction of sp³-hybridized carbons (Fsp3) is 1.00. The molecule has 1 aliphatic carbocycles. The maximum atomic E-state index is 12.3. The van der Waals surface area contributed by atoms with Crippen LogP contribution in [0.15, 0.2) is 0 Å². The largest absolute Gasteiger partial charge is 0.315 e. The average molecular weight is 262 g/mol.